The molecule has 1 aromatic rings. The van der Waals surface area contributed by atoms with Crippen LogP contribution in [0.15, 0.2) is 29.2 Å². The second-order valence-electron chi connectivity index (χ2n) is 4.02. The van der Waals surface area contributed by atoms with Crippen molar-refractivity contribution in [3.8, 4) is 0 Å². The second-order valence-corrected chi connectivity index (χ2v) is 5.30. The molecule has 2 rings (SSSR count). The Bertz CT molecular complexity index is 324. The minimum atomic E-state index is 0.566. The number of fused-ring (bicyclic) bond motifs is 1. The molecule has 0 saturated carbocycles. The van der Waals surface area contributed by atoms with Crippen molar-refractivity contribution < 1.29 is 0 Å². The van der Waals surface area contributed by atoms with Gasteiger partial charge in [-0.3, -0.25) is 0 Å². The molecule has 2 atom stereocenters. The molecule has 1 aromatic carbocycles. The van der Waals surface area contributed by atoms with Crippen LogP contribution in [-0.4, -0.2) is 11.8 Å². The number of thioether (sulfide) groups is 1. The SMILES string of the molecule is CCCC1Sc2ccccc2C1NCC. The standard InChI is InChI=1S/C13H19NS/c1-3-7-12-13(14-4-2)10-8-5-6-9-11(10)15-12/h5-6,8-9,12-14H,3-4,7H2,1-2H3. The maximum Gasteiger partial charge on any atom is 0.0455 e. The molecule has 2 heteroatoms. The molecule has 1 aliphatic rings. The highest BCUT2D eigenvalue weighted by Crippen LogP contribution is 2.45. The Morgan fingerprint density at radius 3 is 2.80 bits per heavy atom. The molecule has 1 N–H and O–H groups in total. The van der Waals surface area contributed by atoms with Gasteiger partial charge in [0.25, 0.3) is 0 Å². The van der Waals surface area contributed by atoms with E-state index in [4.69, 9.17) is 0 Å². The van der Waals surface area contributed by atoms with Gasteiger partial charge in [-0.1, -0.05) is 38.5 Å². The number of nitrogens with one attached hydrogen (secondary N) is 1. The van der Waals surface area contributed by atoms with E-state index in [1.807, 2.05) is 11.8 Å². The molecule has 0 aromatic heterocycles. The summed E-state index contributed by atoms with van der Waals surface area (Å²) < 4.78 is 0. The van der Waals surface area contributed by atoms with Crippen molar-refractivity contribution in [2.24, 2.45) is 0 Å². The summed E-state index contributed by atoms with van der Waals surface area (Å²) in [7, 11) is 0. The zero-order valence-corrected chi connectivity index (χ0v) is 10.3. The topological polar surface area (TPSA) is 12.0 Å². The lowest BCUT2D eigenvalue weighted by molar-refractivity contribution is 0.513. The van der Waals surface area contributed by atoms with Gasteiger partial charge in [0.15, 0.2) is 0 Å². The van der Waals surface area contributed by atoms with Gasteiger partial charge < -0.3 is 5.32 Å². The normalized spacial score (nSPS) is 24.1. The van der Waals surface area contributed by atoms with E-state index in [-0.39, 0.29) is 0 Å². The smallest absolute Gasteiger partial charge is 0.0455 e. The van der Waals surface area contributed by atoms with Gasteiger partial charge in [-0.2, -0.15) is 0 Å². The van der Waals surface area contributed by atoms with Crippen LogP contribution in [0.25, 0.3) is 0 Å². The monoisotopic (exact) mass is 221 g/mol. The fourth-order valence-electron chi connectivity index (χ4n) is 2.25. The van der Waals surface area contributed by atoms with Crippen molar-refractivity contribution in [3.63, 3.8) is 0 Å². The molecule has 0 aliphatic carbocycles. The van der Waals surface area contributed by atoms with Crippen molar-refractivity contribution in [2.75, 3.05) is 6.54 Å². The molecule has 15 heavy (non-hydrogen) atoms. The fraction of sp³-hybridized carbons (Fsp3) is 0.538. The summed E-state index contributed by atoms with van der Waals surface area (Å²) in [5.41, 5.74) is 1.50. The minimum Gasteiger partial charge on any atom is -0.309 e. The van der Waals surface area contributed by atoms with Gasteiger partial charge in [0.2, 0.25) is 0 Å². The Balaban J connectivity index is 2.21. The van der Waals surface area contributed by atoms with E-state index in [9.17, 15) is 0 Å². The zero-order chi connectivity index (χ0) is 10.7. The number of hydrogen-bond acceptors (Lipinski definition) is 2. The third kappa shape index (κ3) is 2.21. The molecule has 2 unspecified atom stereocenters. The Kier molecular flexibility index (Phi) is 3.71. The van der Waals surface area contributed by atoms with Gasteiger partial charge in [-0.05, 0) is 24.6 Å². The molecule has 0 saturated heterocycles. The molecule has 0 amide bonds. The van der Waals surface area contributed by atoms with E-state index in [2.05, 4.69) is 43.4 Å². The van der Waals surface area contributed by atoms with E-state index in [0.29, 0.717) is 6.04 Å². The highest BCUT2D eigenvalue weighted by atomic mass is 32.2. The van der Waals surface area contributed by atoms with Gasteiger partial charge >= 0.3 is 0 Å². The first-order chi connectivity index (χ1) is 7.36. The van der Waals surface area contributed by atoms with Crippen LogP contribution in [0.3, 0.4) is 0 Å². The summed E-state index contributed by atoms with van der Waals surface area (Å²) in [6, 6.07) is 9.38. The van der Waals surface area contributed by atoms with Gasteiger partial charge in [-0.25, -0.2) is 0 Å². The quantitative estimate of drug-likeness (QED) is 0.833. The third-order valence-corrected chi connectivity index (χ3v) is 4.34. The van der Waals surface area contributed by atoms with Gasteiger partial charge in [-0.15, -0.1) is 11.8 Å². The zero-order valence-electron chi connectivity index (χ0n) is 9.49. The molecule has 1 heterocycles. The molecule has 0 radical (unpaired) electrons. The lowest BCUT2D eigenvalue weighted by atomic mass is 10.0. The molecular weight excluding hydrogens is 202 g/mol. The maximum atomic E-state index is 3.61. The number of hydrogen-bond donors (Lipinski definition) is 1. The van der Waals surface area contributed by atoms with Crippen molar-refractivity contribution in [3.05, 3.63) is 29.8 Å². The molecule has 1 aliphatic heterocycles. The lowest BCUT2D eigenvalue weighted by Crippen LogP contribution is -2.26. The maximum absolute atomic E-state index is 3.61. The fourth-order valence-corrected chi connectivity index (χ4v) is 3.79. The first-order valence-electron chi connectivity index (χ1n) is 5.85. The predicted molar refractivity (Wildman–Crippen MR) is 67.4 cm³/mol. The summed E-state index contributed by atoms with van der Waals surface area (Å²) in [6.07, 6.45) is 2.57. The van der Waals surface area contributed by atoms with E-state index < -0.39 is 0 Å². The first-order valence-corrected chi connectivity index (χ1v) is 6.73. The van der Waals surface area contributed by atoms with Crippen molar-refractivity contribution in [1.82, 2.24) is 5.32 Å². The van der Waals surface area contributed by atoms with Crippen LogP contribution >= 0.6 is 11.8 Å². The average Bonchev–Trinajstić information content (AvgIpc) is 2.59. The van der Waals surface area contributed by atoms with Crippen molar-refractivity contribution >= 4 is 11.8 Å². The summed E-state index contributed by atoms with van der Waals surface area (Å²) in [4.78, 5) is 1.47. The van der Waals surface area contributed by atoms with E-state index >= 15 is 0 Å². The van der Waals surface area contributed by atoms with Crippen LogP contribution in [0.2, 0.25) is 0 Å². The second kappa shape index (κ2) is 5.04. The molecule has 1 nitrogen and oxygen atoms in total. The van der Waals surface area contributed by atoms with Gasteiger partial charge in [0, 0.05) is 16.2 Å². The minimum absolute atomic E-state index is 0.566. The highest BCUT2D eigenvalue weighted by molar-refractivity contribution is 8.00. The van der Waals surface area contributed by atoms with Crippen LogP contribution in [0, 0.1) is 0 Å². The summed E-state index contributed by atoms with van der Waals surface area (Å²) in [6.45, 7) is 5.51. The third-order valence-electron chi connectivity index (χ3n) is 2.90. The first kappa shape index (κ1) is 11.0. The highest BCUT2D eigenvalue weighted by Gasteiger charge is 2.31. The molecule has 82 valence electrons. The largest absolute Gasteiger partial charge is 0.309 e. The lowest BCUT2D eigenvalue weighted by Gasteiger charge is -2.19. The van der Waals surface area contributed by atoms with E-state index in [1.54, 1.807) is 0 Å². The van der Waals surface area contributed by atoms with Crippen LogP contribution in [0.5, 0.6) is 0 Å². The van der Waals surface area contributed by atoms with Gasteiger partial charge in [0.1, 0.15) is 0 Å². The molecule has 0 fully saturated rings. The van der Waals surface area contributed by atoms with Crippen LogP contribution < -0.4 is 5.32 Å². The van der Waals surface area contributed by atoms with Crippen LogP contribution in [0.1, 0.15) is 38.3 Å². The molecule has 0 spiro atoms. The summed E-state index contributed by atoms with van der Waals surface area (Å²) >= 11 is 2.05. The number of rotatable bonds is 4. The van der Waals surface area contributed by atoms with E-state index in [1.165, 1.54) is 23.3 Å². The van der Waals surface area contributed by atoms with Crippen molar-refractivity contribution in [1.29, 1.82) is 0 Å². The van der Waals surface area contributed by atoms with E-state index in [0.717, 1.165) is 11.8 Å². The number of benzene rings is 1. The Morgan fingerprint density at radius 2 is 2.07 bits per heavy atom. The Morgan fingerprint density at radius 1 is 1.27 bits per heavy atom. The van der Waals surface area contributed by atoms with Gasteiger partial charge in [0.05, 0.1) is 0 Å². The Hall–Kier alpha value is -0.470. The summed E-state index contributed by atoms with van der Waals surface area (Å²) in [5.74, 6) is 0. The average molecular weight is 221 g/mol. The molecule has 0 bridgehead atoms. The Labute approximate surface area is 96.7 Å². The molecular formula is C13H19NS. The predicted octanol–water partition coefficient (Wildman–Crippen LogP) is 3.61. The van der Waals surface area contributed by atoms with Crippen LogP contribution in [-0.2, 0) is 0 Å². The van der Waals surface area contributed by atoms with Crippen molar-refractivity contribution in [2.45, 2.75) is 42.9 Å². The summed E-state index contributed by atoms with van der Waals surface area (Å²) in [5, 5.41) is 4.34. The van der Waals surface area contributed by atoms with Crippen LogP contribution in [0.4, 0.5) is 0 Å².